The van der Waals surface area contributed by atoms with Crippen molar-refractivity contribution in [3.63, 3.8) is 0 Å². The van der Waals surface area contributed by atoms with Gasteiger partial charge in [-0.25, -0.2) is 4.79 Å². The Morgan fingerprint density at radius 1 is 1.47 bits per heavy atom. The van der Waals surface area contributed by atoms with Crippen LogP contribution in [0.1, 0.15) is 39.0 Å². The third-order valence-corrected chi connectivity index (χ3v) is 2.99. The Morgan fingerprint density at radius 2 is 2.18 bits per heavy atom. The fourth-order valence-electron chi connectivity index (χ4n) is 2.06. The number of esters is 1. The summed E-state index contributed by atoms with van der Waals surface area (Å²) in [6.45, 7) is 2.85. The van der Waals surface area contributed by atoms with Crippen molar-refractivity contribution in [1.82, 2.24) is 5.32 Å². The normalized spacial score (nSPS) is 17.3. The average Bonchev–Trinajstić information content (AvgIpc) is 2.36. The first-order valence-electron chi connectivity index (χ1n) is 6.28. The van der Waals surface area contributed by atoms with Crippen LogP contribution in [0.2, 0.25) is 0 Å². The Balaban J connectivity index is 2.34. The number of nitrogens with zero attached hydrogens (tertiary/aromatic N) is 1. The predicted molar refractivity (Wildman–Crippen MR) is 64.9 cm³/mol. The lowest BCUT2D eigenvalue weighted by atomic mass is 9.89. The van der Waals surface area contributed by atoms with Gasteiger partial charge in [0.05, 0.1) is 6.61 Å². The molecule has 0 spiro atoms. The third-order valence-electron chi connectivity index (χ3n) is 2.99. The number of nitrogens with one attached hydrogen (secondary N) is 1. The van der Waals surface area contributed by atoms with Gasteiger partial charge in [-0.2, -0.15) is 5.26 Å². The molecule has 4 nitrogen and oxygen atoms in total. The minimum Gasteiger partial charge on any atom is -0.462 e. The van der Waals surface area contributed by atoms with Crippen LogP contribution >= 0.6 is 0 Å². The highest BCUT2D eigenvalue weighted by molar-refractivity contribution is 5.92. The SMILES string of the molecule is CCOC(=O)C(C#N)=CNCC1CCCCC1. The number of nitriles is 1. The highest BCUT2D eigenvalue weighted by Gasteiger charge is 2.13. The second kappa shape index (κ2) is 7.72. The zero-order valence-corrected chi connectivity index (χ0v) is 10.4. The van der Waals surface area contributed by atoms with Crippen LogP contribution in [-0.2, 0) is 9.53 Å². The van der Waals surface area contributed by atoms with Crippen LogP contribution < -0.4 is 5.32 Å². The van der Waals surface area contributed by atoms with Gasteiger partial charge in [-0.3, -0.25) is 0 Å². The molecule has 94 valence electrons. The molecule has 0 radical (unpaired) electrons. The van der Waals surface area contributed by atoms with Gasteiger partial charge in [-0.05, 0) is 25.7 Å². The molecular weight excluding hydrogens is 216 g/mol. The number of carbonyl (C=O) groups excluding carboxylic acids is 1. The van der Waals surface area contributed by atoms with E-state index in [9.17, 15) is 4.79 Å². The van der Waals surface area contributed by atoms with Gasteiger partial charge in [0.25, 0.3) is 0 Å². The van der Waals surface area contributed by atoms with Gasteiger partial charge < -0.3 is 10.1 Å². The topological polar surface area (TPSA) is 62.1 Å². The van der Waals surface area contributed by atoms with E-state index in [1.807, 2.05) is 6.07 Å². The summed E-state index contributed by atoms with van der Waals surface area (Å²) in [6.07, 6.45) is 7.87. The molecule has 1 aliphatic rings. The van der Waals surface area contributed by atoms with E-state index in [2.05, 4.69) is 5.32 Å². The van der Waals surface area contributed by atoms with Gasteiger partial charge in [-0.15, -0.1) is 0 Å². The van der Waals surface area contributed by atoms with E-state index in [0.29, 0.717) is 12.5 Å². The monoisotopic (exact) mass is 236 g/mol. The van der Waals surface area contributed by atoms with Crippen LogP contribution in [0.4, 0.5) is 0 Å². The molecule has 1 aliphatic carbocycles. The first-order valence-corrected chi connectivity index (χ1v) is 6.28. The van der Waals surface area contributed by atoms with Gasteiger partial charge in [0, 0.05) is 12.7 Å². The minimum atomic E-state index is -0.550. The fourth-order valence-corrected chi connectivity index (χ4v) is 2.06. The number of carbonyl (C=O) groups is 1. The number of rotatable bonds is 5. The maximum Gasteiger partial charge on any atom is 0.350 e. The molecule has 0 aromatic heterocycles. The smallest absolute Gasteiger partial charge is 0.350 e. The van der Waals surface area contributed by atoms with E-state index in [1.165, 1.54) is 38.3 Å². The molecule has 1 fully saturated rings. The zero-order valence-electron chi connectivity index (χ0n) is 10.4. The molecule has 1 saturated carbocycles. The van der Waals surface area contributed by atoms with Gasteiger partial charge in [0.1, 0.15) is 6.07 Å². The summed E-state index contributed by atoms with van der Waals surface area (Å²) in [5.74, 6) is 0.119. The summed E-state index contributed by atoms with van der Waals surface area (Å²) in [5.41, 5.74) is 0.0441. The lowest BCUT2D eigenvalue weighted by Crippen LogP contribution is -2.21. The fraction of sp³-hybridized carbons (Fsp3) is 0.692. The standard InChI is InChI=1S/C13H20N2O2/c1-2-17-13(16)12(8-14)10-15-9-11-6-4-3-5-7-11/h10-11,15H,2-7,9H2,1H3. The minimum absolute atomic E-state index is 0.0441. The molecule has 0 aromatic rings. The molecule has 0 saturated heterocycles. The zero-order chi connectivity index (χ0) is 12.5. The molecule has 17 heavy (non-hydrogen) atoms. The maximum atomic E-state index is 11.3. The summed E-state index contributed by atoms with van der Waals surface area (Å²) >= 11 is 0. The molecule has 0 aliphatic heterocycles. The molecule has 1 rings (SSSR count). The lowest BCUT2D eigenvalue weighted by Gasteiger charge is -2.21. The summed E-state index contributed by atoms with van der Waals surface area (Å²) in [6, 6.07) is 1.85. The van der Waals surface area contributed by atoms with E-state index in [-0.39, 0.29) is 5.57 Å². The molecule has 0 aromatic carbocycles. The molecule has 1 N–H and O–H groups in total. The number of ether oxygens (including phenoxy) is 1. The van der Waals surface area contributed by atoms with Crippen molar-refractivity contribution in [3.8, 4) is 6.07 Å². The van der Waals surface area contributed by atoms with Crippen molar-refractivity contribution in [2.45, 2.75) is 39.0 Å². The summed E-state index contributed by atoms with van der Waals surface area (Å²) < 4.78 is 4.77. The maximum absolute atomic E-state index is 11.3. The Kier molecular flexibility index (Phi) is 6.16. The summed E-state index contributed by atoms with van der Waals surface area (Å²) in [4.78, 5) is 11.3. The second-order valence-corrected chi connectivity index (χ2v) is 4.30. The summed E-state index contributed by atoms with van der Waals surface area (Å²) in [5, 5.41) is 11.9. The highest BCUT2D eigenvalue weighted by atomic mass is 16.5. The molecule has 0 atom stereocenters. The van der Waals surface area contributed by atoms with Crippen LogP contribution in [0, 0.1) is 17.2 Å². The van der Waals surface area contributed by atoms with Gasteiger partial charge in [-0.1, -0.05) is 19.3 Å². The van der Waals surface area contributed by atoms with Crippen molar-refractivity contribution < 1.29 is 9.53 Å². The Hall–Kier alpha value is -1.50. The number of hydrogen-bond donors (Lipinski definition) is 1. The molecule has 0 bridgehead atoms. The molecular formula is C13H20N2O2. The average molecular weight is 236 g/mol. The van der Waals surface area contributed by atoms with Crippen LogP contribution in [0.3, 0.4) is 0 Å². The van der Waals surface area contributed by atoms with Crippen LogP contribution in [0.5, 0.6) is 0 Å². The van der Waals surface area contributed by atoms with Gasteiger partial charge >= 0.3 is 5.97 Å². The first-order chi connectivity index (χ1) is 8.27. The first kappa shape index (κ1) is 13.6. The molecule has 0 unspecified atom stereocenters. The molecule has 0 amide bonds. The van der Waals surface area contributed by atoms with Crippen LogP contribution in [0.25, 0.3) is 0 Å². The lowest BCUT2D eigenvalue weighted by molar-refractivity contribution is -0.138. The van der Waals surface area contributed by atoms with E-state index >= 15 is 0 Å². The largest absolute Gasteiger partial charge is 0.462 e. The Labute approximate surface area is 103 Å². The predicted octanol–water partition coefficient (Wildman–Crippen LogP) is 2.13. The molecule has 4 heteroatoms. The Morgan fingerprint density at radius 3 is 2.76 bits per heavy atom. The second-order valence-electron chi connectivity index (χ2n) is 4.30. The third kappa shape index (κ3) is 4.90. The molecule has 0 heterocycles. The quantitative estimate of drug-likeness (QED) is 0.451. The van der Waals surface area contributed by atoms with Gasteiger partial charge in [0.15, 0.2) is 5.57 Å². The summed E-state index contributed by atoms with van der Waals surface area (Å²) in [7, 11) is 0. The van der Waals surface area contributed by atoms with Crippen molar-refractivity contribution >= 4 is 5.97 Å². The van der Waals surface area contributed by atoms with E-state index in [4.69, 9.17) is 10.00 Å². The Bertz CT molecular complexity index is 312. The highest BCUT2D eigenvalue weighted by Crippen LogP contribution is 2.22. The van der Waals surface area contributed by atoms with Crippen LogP contribution in [-0.4, -0.2) is 19.1 Å². The van der Waals surface area contributed by atoms with Crippen molar-refractivity contribution in [3.05, 3.63) is 11.8 Å². The van der Waals surface area contributed by atoms with E-state index in [0.717, 1.165) is 6.54 Å². The van der Waals surface area contributed by atoms with Crippen molar-refractivity contribution in [2.24, 2.45) is 5.92 Å². The van der Waals surface area contributed by atoms with Gasteiger partial charge in [0.2, 0.25) is 0 Å². The van der Waals surface area contributed by atoms with E-state index < -0.39 is 5.97 Å². The van der Waals surface area contributed by atoms with Crippen LogP contribution in [0.15, 0.2) is 11.8 Å². The van der Waals surface area contributed by atoms with Crippen molar-refractivity contribution in [2.75, 3.05) is 13.2 Å². The van der Waals surface area contributed by atoms with E-state index in [1.54, 1.807) is 6.92 Å². The van der Waals surface area contributed by atoms with Crippen molar-refractivity contribution in [1.29, 1.82) is 5.26 Å². The number of hydrogen-bond acceptors (Lipinski definition) is 4.